The number of unbranched alkanes of at least 4 members (excludes halogenated alkanes) is 2. The van der Waals surface area contributed by atoms with Gasteiger partial charge in [0.1, 0.15) is 6.10 Å². The van der Waals surface area contributed by atoms with Gasteiger partial charge in [0.05, 0.1) is 6.10 Å². The minimum absolute atomic E-state index is 0.0241. The molecule has 0 bridgehead atoms. The summed E-state index contributed by atoms with van der Waals surface area (Å²) < 4.78 is 41.4. The van der Waals surface area contributed by atoms with Gasteiger partial charge < -0.3 is 19.7 Å². The Morgan fingerprint density at radius 2 is 2.06 bits per heavy atom. The van der Waals surface area contributed by atoms with E-state index in [1.165, 1.54) is 6.08 Å². The van der Waals surface area contributed by atoms with Gasteiger partial charge in [-0.2, -0.15) is 0 Å². The SMILES string of the molecule is CCCCC(F)(F)[C@@H](C=C[C@@H]1[C@@H](CC=CCCCC(=O)O)[C@@H](O)C[C@H]1C)OC1CCCCO1. The number of aliphatic hydroxyl groups excluding tert-OH is 1. The van der Waals surface area contributed by atoms with Crippen molar-refractivity contribution in [2.75, 3.05) is 6.61 Å². The molecule has 0 spiro atoms. The van der Waals surface area contributed by atoms with Crippen LogP contribution in [0, 0.1) is 17.8 Å². The second kappa shape index (κ2) is 14.2. The summed E-state index contributed by atoms with van der Waals surface area (Å²) in [6.07, 6.45) is 10.9. The highest BCUT2D eigenvalue weighted by Gasteiger charge is 2.42. The van der Waals surface area contributed by atoms with E-state index < -0.39 is 30.4 Å². The number of carboxylic acids is 1. The molecule has 1 aliphatic carbocycles. The second-order valence-electron chi connectivity index (χ2n) is 9.62. The fraction of sp³-hybridized carbons (Fsp3) is 0.808. The van der Waals surface area contributed by atoms with Crippen molar-refractivity contribution < 1.29 is 33.3 Å². The highest BCUT2D eigenvalue weighted by atomic mass is 19.3. The summed E-state index contributed by atoms with van der Waals surface area (Å²) in [5.41, 5.74) is 0. The monoisotopic (exact) mass is 472 g/mol. The highest BCUT2D eigenvalue weighted by molar-refractivity contribution is 5.66. The molecule has 1 saturated carbocycles. The zero-order valence-electron chi connectivity index (χ0n) is 20.1. The molecule has 2 rings (SSSR count). The Morgan fingerprint density at radius 1 is 1.27 bits per heavy atom. The van der Waals surface area contributed by atoms with Crippen LogP contribution in [0.3, 0.4) is 0 Å². The summed E-state index contributed by atoms with van der Waals surface area (Å²) in [4.78, 5) is 10.6. The predicted molar refractivity (Wildman–Crippen MR) is 124 cm³/mol. The number of rotatable bonds is 14. The minimum atomic E-state index is -2.98. The smallest absolute Gasteiger partial charge is 0.303 e. The van der Waals surface area contributed by atoms with Crippen LogP contribution in [0.5, 0.6) is 0 Å². The van der Waals surface area contributed by atoms with Crippen LogP contribution >= 0.6 is 0 Å². The number of halogens is 2. The van der Waals surface area contributed by atoms with E-state index in [1.807, 2.05) is 32.1 Å². The van der Waals surface area contributed by atoms with Crippen LogP contribution in [0.2, 0.25) is 0 Å². The molecule has 0 aromatic carbocycles. The predicted octanol–water partition coefficient (Wildman–Crippen LogP) is 6.11. The standard InChI is InChI=1S/C26H42F2O5/c1-3-4-16-26(27,28)23(33-25-13-9-10-17-32-25)15-14-20-19(2)18-22(29)21(20)11-7-5-6-8-12-24(30)31/h5,7,14-15,19-23,25,29H,3-4,6,8-13,16-18H2,1-2H3,(H,30,31)/t19-,20+,21-,22+,23-,25?/m1/s1. The van der Waals surface area contributed by atoms with Crippen molar-refractivity contribution in [2.45, 2.75) is 109 Å². The first-order chi connectivity index (χ1) is 15.7. The molecule has 1 unspecified atom stereocenters. The number of aliphatic carboxylic acids is 1. The van der Waals surface area contributed by atoms with E-state index in [0.29, 0.717) is 51.6 Å². The van der Waals surface area contributed by atoms with E-state index in [0.717, 1.165) is 12.8 Å². The number of carboxylic acid groups (broad SMARTS) is 1. The number of carbonyl (C=O) groups is 1. The van der Waals surface area contributed by atoms with Crippen molar-refractivity contribution in [1.82, 2.24) is 0 Å². The molecule has 6 atom stereocenters. The van der Waals surface area contributed by atoms with Gasteiger partial charge >= 0.3 is 5.97 Å². The lowest BCUT2D eigenvalue weighted by molar-refractivity contribution is -0.226. The van der Waals surface area contributed by atoms with Gasteiger partial charge in [-0.05, 0) is 69.1 Å². The van der Waals surface area contributed by atoms with Crippen LogP contribution in [0.4, 0.5) is 8.78 Å². The van der Waals surface area contributed by atoms with E-state index in [9.17, 15) is 9.90 Å². The molecule has 2 fully saturated rings. The average Bonchev–Trinajstić information content (AvgIpc) is 3.04. The van der Waals surface area contributed by atoms with Crippen molar-refractivity contribution in [3.63, 3.8) is 0 Å². The van der Waals surface area contributed by atoms with Crippen LogP contribution in [-0.2, 0) is 14.3 Å². The molecule has 1 heterocycles. The molecule has 0 amide bonds. The van der Waals surface area contributed by atoms with E-state index in [4.69, 9.17) is 14.6 Å². The lowest BCUT2D eigenvalue weighted by atomic mass is 9.86. The van der Waals surface area contributed by atoms with E-state index in [-0.39, 0.29) is 30.6 Å². The number of alkyl halides is 2. The lowest BCUT2D eigenvalue weighted by Crippen LogP contribution is -2.39. The molecule has 33 heavy (non-hydrogen) atoms. The van der Waals surface area contributed by atoms with Crippen LogP contribution in [0.25, 0.3) is 0 Å². The third kappa shape index (κ3) is 9.45. The maximum absolute atomic E-state index is 15.0. The van der Waals surface area contributed by atoms with Gasteiger partial charge in [-0.1, -0.05) is 44.6 Å². The molecule has 5 nitrogen and oxygen atoms in total. The molecule has 2 N–H and O–H groups in total. The van der Waals surface area contributed by atoms with Crippen molar-refractivity contribution in [2.24, 2.45) is 17.8 Å². The Hall–Kier alpha value is -1.31. The zero-order chi connectivity index (χ0) is 24.3. The Bertz CT molecular complexity index is 630. The van der Waals surface area contributed by atoms with E-state index in [1.54, 1.807) is 0 Å². The topological polar surface area (TPSA) is 76.0 Å². The molecule has 190 valence electrons. The molecular formula is C26H42F2O5. The molecule has 0 aromatic heterocycles. The van der Waals surface area contributed by atoms with Gasteiger partial charge in [-0.3, -0.25) is 4.79 Å². The lowest BCUT2D eigenvalue weighted by Gasteiger charge is -2.31. The number of aliphatic hydroxyl groups is 1. The fourth-order valence-electron chi connectivity index (χ4n) is 4.83. The van der Waals surface area contributed by atoms with Crippen LogP contribution in [0.15, 0.2) is 24.3 Å². The summed E-state index contributed by atoms with van der Waals surface area (Å²) in [6.45, 7) is 4.48. The van der Waals surface area contributed by atoms with Gasteiger partial charge in [0.15, 0.2) is 6.29 Å². The molecule has 1 saturated heterocycles. The molecule has 0 aromatic rings. The van der Waals surface area contributed by atoms with Crippen molar-refractivity contribution in [3.8, 4) is 0 Å². The molecule has 0 radical (unpaired) electrons. The van der Waals surface area contributed by atoms with Crippen molar-refractivity contribution >= 4 is 5.97 Å². The Morgan fingerprint density at radius 3 is 2.73 bits per heavy atom. The summed E-state index contributed by atoms with van der Waals surface area (Å²) in [7, 11) is 0. The number of ether oxygens (including phenoxy) is 2. The van der Waals surface area contributed by atoms with E-state index >= 15 is 8.78 Å². The van der Waals surface area contributed by atoms with Crippen LogP contribution < -0.4 is 0 Å². The number of allylic oxidation sites excluding steroid dienone is 3. The van der Waals surface area contributed by atoms with E-state index in [2.05, 4.69) is 0 Å². The quantitative estimate of drug-likeness (QED) is 0.235. The number of hydrogen-bond acceptors (Lipinski definition) is 4. The third-order valence-electron chi connectivity index (χ3n) is 6.82. The summed E-state index contributed by atoms with van der Waals surface area (Å²) in [5.74, 6) is -3.68. The third-order valence-corrected chi connectivity index (χ3v) is 6.82. The first-order valence-electron chi connectivity index (χ1n) is 12.6. The second-order valence-corrected chi connectivity index (χ2v) is 9.62. The highest BCUT2D eigenvalue weighted by Crippen LogP contribution is 2.41. The summed E-state index contributed by atoms with van der Waals surface area (Å²) in [6, 6.07) is 0. The Labute approximate surface area is 197 Å². The Kier molecular flexibility index (Phi) is 12.0. The molecule has 7 heteroatoms. The minimum Gasteiger partial charge on any atom is -0.481 e. The first-order valence-corrected chi connectivity index (χ1v) is 12.6. The summed E-state index contributed by atoms with van der Waals surface area (Å²) in [5, 5.41) is 19.3. The maximum Gasteiger partial charge on any atom is 0.303 e. The normalized spacial score (nSPS) is 29.8. The average molecular weight is 473 g/mol. The number of hydrogen-bond donors (Lipinski definition) is 2. The molecule has 1 aliphatic heterocycles. The largest absolute Gasteiger partial charge is 0.481 e. The van der Waals surface area contributed by atoms with Gasteiger partial charge in [0.25, 0.3) is 5.92 Å². The first kappa shape index (κ1) is 27.9. The van der Waals surface area contributed by atoms with Gasteiger partial charge in [-0.15, -0.1) is 0 Å². The molecule has 2 aliphatic rings. The zero-order valence-corrected chi connectivity index (χ0v) is 20.1. The maximum atomic E-state index is 15.0. The van der Waals surface area contributed by atoms with Crippen molar-refractivity contribution in [3.05, 3.63) is 24.3 Å². The van der Waals surface area contributed by atoms with Gasteiger partial charge in [0.2, 0.25) is 0 Å². The van der Waals surface area contributed by atoms with Crippen molar-refractivity contribution in [1.29, 1.82) is 0 Å². The Balaban J connectivity index is 2.05. The molecular weight excluding hydrogens is 430 g/mol. The van der Waals surface area contributed by atoms with Gasteiger partial charge in [0, 0.05) is 19.4 Å². The summed E-state index contributed by atoms with van der Waals surface area (Å²) >= 11 is 0. The van der Waals surface area contributed by atoms with Crippen LogP contribution in [-0.4, -0.2) is 47.2 Å². The van der Waals surface area contributed by atoms with Gasteiger partial charge in [-0.25, -0.2) is 8.78 Å². The van der Waals surface area contributed by atoms with Crippen LogP contribution in [0.1, 0.15) is 84.5 Å². The fourth-order valence-corrected chi connectivity index (χ4v) is 4.83.